The number of esters is 1. The van der Waals surface area contributed by atoms with Gasteiger partial charge in [-0.25, -0.2) is 0 Å². The minimum atomic E-state index is -0.526. The number of amides is 1. The predicted molar refractivity (Wildman–Crippen MR) is 145 cm³/mol. The van der Waals surface area contributed by atoms with E-state index < -0.39 is 5.41 Å². The van der Waals surface area contributed by atoms with Crippen LogP contribution in [-0.2, 0) is 21.4 Å². The highest BCUT2D eigenvalue weighted by Crippen LogP contribution is 2.42. The fourth-order valence-electron chi connectivity index (χ4n) is 6.45. The smallest absolute Gasteiger partial charge is 0.316 e. The largest absolute Gasteiger partial charge is 0.460 e. The van der Waals surface area contributed by atoms with Crippen molar-refractivity contribution in [2.45, 2.75) is 75.7 Å². The zero-order valence-corrected chi connectivity index (χ0v) is 22.2. The SMILES string of the molecule is O=Cc1ccc(C(=O)NCCCCc2cccc(C3(C(=O)OC4CN5CCC4CC5)CCCCC3)c2)cn1. The number of carbonyl (C=O) groups excluding carboxylic acids is 3. The third-order valence-corrected chi connectivity index (χ3v) is 8.78. The van der Waals surface area contributed by atoms with Gasteiger partial charge in [0.25, 0.3) is 5.91 Å². The van der Waals surface area contributed by atoms with E-state index in [0.29, 0.717) is 30.0 Å². The standard InChI is InChI=1S/C31H39N3O4/c35-22-27-11-10-25(20-33-27)29(36)32-16-5-2-7-23-8-6-9-26(19-23)31(14-3-1-4-15-31)30(37)38-28-21-34-17-12-24(28)13-18-34/h6,8-11,19-20,22,24,28H,1-5,7,12-18,21H2,(H,32,36). The molecular formula is C31H39N3O4. The average molecular weight is 518 g/mol. The molecule has 6 rings (SSSR count). The molecule has 1 unspecified atom stereocenters. The topological polar surface area (TPSA) is 88.6 Å². The maximum Gasteiger partial charge on any atom is 0.316 e. The molecule has 3 aliphatic heterocycles. The molecule has 2 aromatic rings. The van der Waals surface area contributed by atoms with Gasteiger partial charge in [0.1, 0.15) is 11.8 Å². The second-order valence-electron chi connectivity index (χ2n) is 11.2. The number of aryl methyl sites for hydroxylation is 1. The summed E-state index contributed by atoms with van der Waals surface area (Å²) in [6, 6.07) is 11.7. The number of benzene rings is 1. The van der Waals surface area contributed by atoms with E-state index in [4.69, 9.17) is 4.74 Å². The number of nitrogens with one attached hydrogen (secondary N) is 1. The lowest BCUT2D eigenvalue weighted by Crippen LogP contribution is -2.53. The van der Waals surface area contributed by atoms with Crippen LogP contribution in [0, 0.1) is 5.92 Å². The van der Waals surface area contributed by atoms with Crippen LogP contribution >= 0.6 is 0 Å². The van der Waals surface area contributed by atoms with Gasteiger partial charge in [-0.1, -0.05) is 43.5 Å². The first-order valence-corrected chi connectivity index (χ1v) is 14.3. The number of aromatic nitrogens is 1. The van der Waals surface area contributed by atoms with Crippen LogP contribution in [0.2, 0.25) is 0 Å². The highest BCUT2D eigenvalue weighted by molar-refractivity contribution is 5.94. The molecule has 1 amide bonds. The Labute approximate surface area is 225 Å². The predicted octanol–water partition coefficient (Wildman–Crippen LogP) is 4.49. The molecule has 4 heterocycles. The molecule has 1 atom stereocenters. The Morgan fingerprint density at radius 3 is 2.58 bits per heavy atom. The molecule has 7 nitrogen and oxygen atoms in total. The van der Waals surface area contributed by atoms with Crippen molar-refractivity contribution in [3.05, 3.63) is 65.0 Å². The van der Waals surface area contributed by atoms with Crippen LogP contribution in [-0.4, -0.2) is 60.3 Å². The first kappa shape index (κ1) is 26.5. The molecule has 2 bridgehead atoms. The highest BCUT2D eigenvalue weighted by atomic mass is 16.5. The van der Waals surface area contributed by atoms with E-state index in [0.717, 1.165) is 83.0 Å². The molecule has 202 valence electrons. The van der Waals surface area contributed by atoms with Crippen molar-refractivity contribution in [3.63, 3.8) is 0 Å². The van der Waals surface area contributed by atoms with E-state index >= 15 is 0 Å². The summed E-state index contributed by atoms with van der Waals surface area (Å²) >= 11 is 0. The van der Waals surface area contributed by atoms with Crippen LogP contribution in [0.25, 0.3) is 0 Å². The van der Waals surface area contributed by atoms with Gasteiger partial charge in [0, 0.05) is 19.3 Å². The molecular weight excluding hydrogens is 478 g/mol. The number of hydrogen-bond donors (Lipinski definition) is 1. The number of rotatable bonds is 10. The fraction of sp³-hybridized carbons (Fsp3) is 0.548. The Hall–Kier alpha value is -3.06. The zero-order valence-electron chi connectivity index (χ0n) is 22.2. The first-order chi connectivity index (χ1) is 18.6. The minimum absolute atomic E-state index is 0.00789. The average Bonchev–Trinajstić information content (AvgIpc) is 2.98. The second-order valence-corrected chi connectivity index (χ2v) is 11.2. The monoisotopic (exact) mass is 517 g/mol. The summed E-state index contributed by atoms with van der Waals surface area (Å²) in [7, 11) is 0. The van der Waals surface area contributed by atoms with Crippen molar-refractivity contribution in [1.29, 1.82) is 0 Å². The Balaban J connectivity index is 1.16. The van der Waals surface area contributed by atoms with E-state index in [9.17, 15) is 14.4 Å². The van der Waals surface area contributed by atoms with E-state index in [1.54, 1.807) is 12.1 Å². The van der Waals surface area contributed by atoms with Gasteiger partial charge < -0.3 is 10.1 Å². The fourth-order valence-corrected chi connectivity index (χ4v) is 6.45. The van der Waals surface area contributed by atoms with Crippen LogP contribution in [0.15, 0.2) is 42.6 Å². The number of pyridine rings is 1. The van der Waals surface area contributed by atoms with Crippen molar-refractivity contribution in [2.24, 2.45) is 5.92 Å². The van der Waals surface area contributed by atoms with Crippen LogP contribution < -0.4 is 5.32 Å². The molecule has 0 radical (unpaired) electrons. The zero-order chi connectivity index (χ0) is 26.4. The summed E-state index contributed by atoms with van der Waals surface area (Å²) in [6.07, 6.45) is 12.1. The van der Waals surface area contributed by atoms with E-state index in [-0.39, 0.29) is 18.0 Å². The first-order valence-electron chi connectivity index (χ1n) is 14.3. The van der Waals surface area contributed by atoms with Crippen LogP contribution in [0.5, 0.6) is 0 Å². The summed E-state index contributed by atoms with van der Waals surface area (Å²) in [5.74, 6) is 0.326. The van der Waals surface area contributed by atoms with Gasteiger partial charge in [-0.3, -0.25) is 24.3 Å². The molecule has 7 heteroatoms. The van der Waals surface area contributed by atoms with Gasteiger partial charge in [0.05, 0.1) is 11.0 Å². The Morgan fingerprint density at radius 2 is 1.89 bits per heavy atom. The molecule has 4 fully saturated rings. The van der Waals surface area contributed by atoms with E-state index in [1.165, 1.54) is 18.2 Å². The number of ether oxygens (including phenoxy) is 1. The van der Waals surface area contributed by atoms with Crippen LogP contribution in [0.1, 0.15) is 89.8 Å². The lowest BCUT2D eigenvalue weighted by Gasteiger charge is -2.45. The maximum absolute atomic E-state index is 13.8. The van der Waals surface area contributed by atoms with E-state index in [2.05, 4.69) is 39.5 Å². The molecule has 1 aliphatic carbocycles. The van der Waals surface area contributed by atoms with Crippen LogP contribution in [0.3, 0.4) is 0 Å². The van der Waals surface area contributed by atoms with Crippen molar-refractivity contribution in [1.82, 2.24) is 15.2 Å². The minimum Gasteiger partial charge on any atom is -0.460 e. The Morgan fingerprint density at radius 1 is 1.08 bits per heavy atom. The van der Waals surface area contributed by atoms with E-state index in [1.807, 2.05) is 0 Å². The number of piperidine rings is 3. The van der Waals surface area contributed by atoms with Gasteiger partial charge in [-0.2, -0.15) is 0 Å². The molecule has 1 saturated carbocycles. The van der Waals surface area contributed by atoms with Crippen molar-refractivity contribution in [2.75, 3.05) is 26.2 Å². The van der Waals surface area contributed by atoms with Gasteiger partial charge in [-0.15, -0.1) is 0 Å². The third kappa shape index (κ3) is 5.98. The van der Waals surface area contributed by atoms with Gasteiger partial charge in [0.15, 0.2) is 6.29 Å². The summed E-state index contributed by atoms with van der Waals surface area (Å²) in [6.45, 7) is 3.75. The summed E-state index contributed by atoms with van der Waals surface area (Å²) in [5, 5.41) is 2.92. The number of nitrogens with zero attached hydrogens (tertiary/aromatic N) is 2. The normalized spacial score (nSPS) is 23.9. The number of unbranched alkanes of at least 4 members (excludes halogenated alkanes) is 1. The molecule has 3 saturated heterocycles. The number of fused-ring (bicyclic) bond motifs is 3. The van der Waals surface area contributed by atoms with Crippen molar-refractivity contribution >= 4 is 18.2 Å². The second kappa shape index (κ2) is 12.2. The molecule has 1 aromatic carbocycles. The van der Waals surface area contributed by atoms with Gasteiger partial charge >= 0.3 is 5.97 Å². The molecule has 1 N–H and O–H groups in total. The summed E-state index contributed by atoms with van der Waals surface area (Å²) in [5.41, 5.74) is 2.57. The molecule has 0 spiro atoms. The highest BCUT2D eigenvalue weighted by Gasteiger charge is 2.45. The maximum atomic E-state index is 13.8. The Kier molecular flexibility index (Phi) is 8.52. The number of hydrogen-bond acceptors (Lipinski definition) is 6. The molecule has 1 aromatic heterocycles. The van der Waals surface area contributed by atoms with Gasteiger partial charge in [0.2, 0.25) is 0 Å². The van der Waals surface area contributed by atoms with Gasteiger partial charge in [-0.05, 0) is 87.2 Å². The number of carbonyl (C=O) groups is 3. The van der Waals surface area contributed by atoms with Crippen molar-refractivity contribution in [3.8, 4) is 0 Å². The quantitative estimate of drug-likeness (QED) is 0.284. The number of aldehydes is 1. The summed E-state index contributed by atoms with van der Waals surface area (Å²) in [4.78, 5) is 43.2. The molecule has 4 aliphatic rings. The van der Waals surface area contributed by atoms with Crippen molar-refractivity contribution < 1.29 is 19.1 Å². The lowest BCUT2D eigenvalue weighted by atomic mass is 9.69. The summed E-state index contributed by atoms with van der Waals surface area (Å²) < 4.78 is 6.30. The lowest BCUT2D eigenvalue weighted by molar-refractivity contribution is -0.167. The Bertz CT molecular complexity index is 1120. The third-order valence-electron chi connectivity index (χ3n) is 8.78. The van der Waals surface area contributed by atoms with Crippen LogP contribution in [0.4, 0.5) is 0 Å². The molecule has 38 heavy (non-hydrogen) atoms.